The topological polar surface area (TPSA) is 64.6 Å². The number of alkyl halides is 2. The van der Waals surface area contributed by atoms with Crippen molar-refractivity contribution < 1.29 is 27.8 Å². The summed E-state index contributed by atoms with van der Waals surface area (Å²) in [6.45, 7) is -0.297. The minimum Gasteiger partial charge on any atom is -0.496 e. The van der Waals surface area contributed by atoms with E-state index < -0.39 is 18.3 Å². The Kier molecular flexibility index (Phi) is 5.23. The Balaban J connectivity index is 2.84. The van der Waals surface area contributed by atoms with Gasteiger partial charge in [-0.05, 0) is 18.2 Å². The molecule has 0 atom stereocenters. The first kappa shape index (κ1) is 14.9. The van der Waals surface area contributed by atoms with E-state index in [4.69, 9.17) is 4.74 Å². The largest absolute Gasteiger partial charge is 0.496 e. The van der Waals surface area contributed by atoms with E-state index in [0.29, 0.717) is 0 Å². The third kappa shape index (κ3) is 3.90. The number of carbonyl (C=O) groups excluding carboxylic acids is 2. The second-order valence-electron chi connectivity index (χ2n) is 3.52. The number of halogens is 2. The van der Waals surface area contributed by atoms with E-state index in [0.717, 1.165) is 6.07 Å². The van der Waals surface area contributed by atoms with Crippen LogP contribution < -0.4 is 10.1 Å². The molecule has 0 aliphatic rings. The molecule has 0 heterocycles. The van der Waals surface area contributed by atoms with Gasteiger partial charge >= 0.3 is 5.97 Å². The number of methoxy groups -OCH3 is 2. The average molecular weight is 273 g/mol. The molecular weight excluding hydrogens is 260 g/mol. The van der Waals surface area contributed by atoms with Crippen molar-refractivity contribution in [1.29, 1.82) is 0 Å². The van der Waals surface area contributed by atoms with E-state index in [1.807, 2.05) is 0 Å². The van der Waals surface area contributed by atoms with Gasteiger partial charge in [0.1, 0.15) is 12.3 Å². The lowest BCUT2D eigenvalue weighted by molar-refractivity contribution is -0.139. The number of amides is 1. The zero-order valence-electron chi connectivity index (χ0n) is 10.4. The highest BCUT2D eigenvalue weighted by atomic mass is 19.3. The quantitative estimate of drug-likeness (QED) is 0.826. The molecule has 0 fully saturated rings. The van der Waals surface area contributed by atoms with Crippen LogP contribution in [-0.4, -0.2) is 32.6 Å². The van der Waals surface area contributed by atoms with E-state index >= 15 is 0 Å². The normalized spacial score (nSPS) is 10.2. The molecule has 1 amide bonds. The van der Waals surface area contributed by atoms with Crippen LogP contribution in [0.3, 0.4) is 0 Å². The highest BCUT2D eigenvalue weighted by Crippen LogP contribution is 2.29. The molecule has 0 saturated heterocycles. The van der Waals surface area contributed by atoms with Crippen molar-refractivity contribution in [3.8, 4) is 5.75 Å². The minimum atomic E-state index is -2.69. The second kappa shape index (κ2) is 6.67. The molecule has 0 radical (unpaired) electrons. The van der Waals surface area contributed by atoms with Crippen LogP contribution in [0, 0.1) is 0 Å². The van der Waals surface area contributed by atoms with Crippen LogP contribution in [0.2, 0.25) is 0 Å². The van der Waals surface area contributed by atoms with Gasteiger partial charge in [0.2, 0.25) is 0 Å². The first-order valence-electron chi connectivity index (χ1n) is 5.30. The van der Waals surface area contributed by atoms with Gasteiger partial charge in [-0.15, -0.1) is 0 Å². The van der Waals surface area contributed by atoms with Crippen molar-refractivity contribution in [2.24, 2.45) is 0 Å². The molecule has 0 unspecified atom stereocenters. The fourth-order valence-electron chi connectivity index (χ4n) is 1.36. The smallest absolute Gasteiger partial charge is 0.325 e. The van der Waals surface area contributed by atoms with Crippen molar-refractivity contribution in [3.63, 3.8) is 0 Å². The maximum Gasteiger partial charge on any atom is 0.325 e. The number of hydrogen-bond donors (Lipinski definition) is 1. The zero-order valence-corrected chi connectivity index (χ0v) is 10.4. The summed E-state index contributed by atoms with van der Waals surface area (Å²) < 4.78 is 34.4. The Bertz CT molecular complexity index is 477. The van der Waals surface area contributed by atoms with Crippen molar-refractivity contribution in [2.75, 3.05) is 20.8 Å². The maximum atomic E-state index is 12.6. The summed E-state index contributed by atoms with van der Waals surface area (Å²) in [6, 6.07) is 3.53. The lowest BCUT2D eigenvalue weighted by Crippen LogP contribution is -2.30. The summed E-state index contributed by atoms with van der Waals surface area (Å²) in [5.41, 5.74) is -0.183. The number of hydrogen-bond acceptors (Lipinski definition) is 4. The zero-order chi connectivity index (χ0) is 14.4. The number of rotatable bonds is 5. The number of nitrogens with one attached hydrogen (secondary N) is 1. The van der Waals surface area contributed by atoms with Gasteiger partial charge in [-0.25, -0.2) is 8.78 Å². The Morgan fingerprint density at radius 3 is 2.53 bits per heavy atom. The Morgan fingerprint density at radius 2 is 2.00 bits per heavy atom. The molecule has 0 saturated carbocycles. The summed E-state index contributed by atoms with van der Waals surface area (Å²) in [5.74, 6) is -1.27. The first-order valence-corrected chi connectivity index (χ1v) is 5.30. The van der Waals surface area contributed by atoms with Crippen LogP contribution in [0.25, 0.3) is 0 Å². The summed E-state index contributed by atoms with van der Waals surface area (Å²) in [4.78, 5) is 22.5. The van der Waals surface area contributed by atoms with Crippen molar-refractivity contribution in [1.82, 2.24) is 5.32 Å². The molecule has 19 heavy (non-hydrogen) atoms. The van der Waals surface area contributed by atoms with E-state index in [-0.39, 0.29) is 23.4 Å². The summed E-state index contributed by atoms with van der Waals surface area (Å²) in [5, 5.41) is 2.29. The predicted octanol–water partition coefficient (Wildman–Crippen LogP) is 1.54. The van der Waals surface area contributed by atoms with Crippen LogP contribution >= 0.6 is 0 Å². The van der Waals surface area contributed by atoms with Gasteiger partial charge in [-0.1, -0.05) is 0 Å². The standard InChI is InChI=1S/C12H13F2NO4/c1-18-9-5-7(3-4-8(9)11(13)14)12(17)15-6-10(16)19-2/h3-5,11H,6H2,1-2H3,(H,15,17). The van der Waals surface area contributed by atoms with Gasteiger partial charge in [0.25, 0.3) is 12.3 Å². The molecule has 5 nitrogen and oxygen atoms in total. The summed E-state index contributed by atoms with van der Waals surface area (Å²) >= 11 is 0. The molecule has 0 spiro atoms. The summed E-state index contributed by atoms with van der Waals surface area (Å²) in [7, 11) is 2.42. The molecule has 1 rings (SSSR count). The number of ether oxygens (including phenoxy) is 2. The average Bonchev–Trinajstić information content (AvgIpc) is 2.43. The number of carbonyl (C=O) groups is 2. The molecule has 1 aromatic rings. The number of benzene rings is 1. The molecule has 0 aliphatic carbocycles. The molecule has 0 bridgehead atoms. The molecule has 0 aromatic heterocycles. The van der Waals surface area contributed by atoms with Crippen molar-refractivity contribution in [2.45, 2.75) is 6.43 Å². The van der Waals surface area contributed by atoms with E-state index in [9.17, 15) is 18.4 Å². The van der Waals surface area contributed by atoms with Gasteiger partial charge < -0.3 is 14.8 Å². The predicted molar refractivity (Wildman–Crippen MR) is 62.3 cm³/mol. The molecule has 7 heteroatoms. The summed E-state index contributed by atoms with van der Waals surface area (Å²) in [6.07, 6.45) is -2.69. The van der Waals surface area contributed by atoms with Gasteiger partial charge in [0.15, 0.2) is 0 Å². The fraction of sp³-hybridized carbons (Fsp3) is 0.333. The van der Waals surface area contributed by atoms with Crippen molar-refractivity contribution >= 4 is 11.9 Å². The Hall–Kier alpha value is -2.18. The highest BCUT2D eigenvalue weighted by Gasteiger charge is 2.16. The molecule has 104 valence electrons. The van der Waals surface area contributed by atoms with Crippen LogP contribution in [0.5, 0.6) is 5.75 Å². The molecule has 1 N–H and O–H groups in total. The Morgan fingerprint density at radius 1 is 1.32 bits per heavy atom. The van der Waals surface area contributed by atoms with Crippen molar-refractivity contribution in [3.05, 3.63) is 29.3 Å². The monoisotopic (exact) mass is 273 g/mol. The maximum absolute atomic E-state index is 12.6. The first-order chi connectivity index (χ1) is 8.99. The van der Waals surface area contributed by atoms with Gasteiger partial charge in [-0.3, -0.25) is 9.59 Å². The molecule has 1 aromatic carbocycles. The van der Waals surface area contributed by atoms with Crippen LogP contribution in [0.1, 0.15) is 22.3 Å². The van der Waals surface area contributed by atoms with Crippen LogP contribution in [0.15, 0.2) is 18.2 Å². The molecular formula is C12H13F2NO4. The number of esters is 1. The van der Waals surface area contributed by atoms with E-state index in [1.54, 1.807) is 0 Å². The minimum absolute atomic E-state index is 0.0827. The molecule has 0 aliphatic heterocycles. The third-order valence-electron chi connectivity index (χ3n) is 2.35. The SMILES string of the molecule is COC(=O)CNC(=O)c1ccc(C(F)F)c(OC)c1. The van der Waals surface area contributed by atoms with Crippen LogP contribution in [-0.2, 0) is 9.53 Å². The Labute approximate surface area is 108 Å². The van der Waals surface area contributed by atoms with E-state index in [2.05, 4.69) is 10.1 Å². The van der Waals surface area contributed by atoms with E-state index in [1.165, 1.54) is 26.4 Å². The fourth-order valence-corrected chi connectivity index (χ4v) is 1.36. The van der Waals surface area contributed by atoms with Crippen LogP contribution in [0.4, 0.5) is 8.78 Å². The van der Waals surface area contributed by atoms with Gasteiger partial charge in [-0.2, -0.15) is 0 Å². The lowest BCUT2D eigenvalue weighted by atomic mass is 10.1. The highest BCUT2D eigenvalue weighted by molar-refractivity contribution is 5.96. The van der Waals surface area contributed by atoms with Gasteiger partial charge in [0.05, 0.1) is 19.8 Å². The van der Waals surface area contributed by atoms with Gasteiger partial charge in [0, 0.05) is 5.56 Å². The third-order valence-corrected chi connectivity index (χ3v) is 2.35. The second-order valence-corrected chi connectivity index (χ2v) is 3.52. The lowest BCUT2D eigenvalue weighted by Gasteiger charge is -2.10.